The maximum atomic E-state index is 10.2. The van der Waals surface area contributed by atoms with Gasteiger partial charge in [-0.3, -0.25) is 0 Å². The van der Waals surface area contributed by atoms with Crippen LogP contribution in [0.2, 0.25) is 0 Å². The molecule has 0 aromatic rings. The molecule has 0 amide bonds. The number of ether oxygens (including phenoxy) is 2. The molecule has 1 aliphatic heterocycles. The van der Waals surface area contributed by atoms with E-state index in [0.29, 0.717) is 26.1 Å². The van der Waals surface area contributed by atoms with Crippen LogP contribution in [0.3, 0.4) is 0 Å². The summed E-state index contributed by atoms with van der Waals surface area (Å²) in [5, 5.41) is 0. The van der Waals surface area contributed by atoms with E-state index in [9.17, 15) is 4.79 Å². The van der Waals surface area contributed by atoms with E-state index in [2.05, 4.69) is 6.92 Å². The van der Waals surface area contributed by atoms with Crippen molar-refractivity contribution in [3.05, 3.63) is 0 Å². The van der Waals surface area contributed by atoms with Crippen LogP contribution in [-0.4, -0.2) is 25.3 Å². The van der Waals surface area contributed by atoms with E-state index < -0.39 is 5.79 Å². The van der Waals surface area contributed by atoms with Gasteiger partial charge in [0.1, 0.15) is 6.29 Å². The molecule has 1 saturated heterocycles. The van der Waals surface area contributed by atoms with Crippen LogP contribution in [0, 0.1) is 0 Å². The second-order valence-electron chi connectivity index (χ2n) is 3.06. The predicted octanol–water partition coefficient (Wildman–Crippen LogP) is 1.51. The minimum absolute atomic E-state index is 0.435. The van der Waals surface area contributed by atoms with Crippen molar-refractivity contribution in [3.63, 3.8) is 0 Å². The number of aldehydes is 1. The van der Waals surface area contributed by atoms with Crippen LogP contribution in [0.1, 0.15) is 32.6 Å². The lowest BCUT2D eigenvalue weighted by atomic mass is 10.1. The SMILES string of the molecule is CCCC1(CCC=O)OCCO1. The van der Waals surface area contributed by atoms with Gasteiger partial charge >= 0.3 is 0 Å². The molecule has 3 nitrogen and oxygen atoms in total. The minimum atomic E-state index is -0.435. The molecule has 0 spiro atoms. The summed E-state index contributed by atoms with van der Waals surface area (Å²) in [6.45, 7) is 3.42. The largest absolute Gasteiger partial charge is 0.348 e. The highest BCUT2D eigenvalue weighted by Crippen LogP contribution is 2.29. The lowest BCUT2D eigenvalue weighted by Gasteiger charge is -2.25. The lowest BCUT2D eigenvalue weighted by Crippen LogP contribution is -2.29. The average molecular weight is 172 g/mol. The molecular weight excluding hydrogens is 156 g/mol. The van der Waals surface area contributed by atoms with Gasteiger partial charge < -0.3 is 14.3 Å². The standard InChI is InChI=1S/C9H16O3/c1-2-4-9(5-3-6-10)11-7-8-12-9/h6H,2-5,7-8H2,1H3. The summed E-state index contributed by atoms with van der Waals surface area (Å²) in [6.07, 6.45) is 4.06. The van der Waals surface area contributed by atoms with Crippen molar-refractivity contribution in [3.8, 4) is 0 Å². The van der Waals surface area contributed by atoms with Crippen LogP contribution in [0.25, 0.3) is 0 Å². The van der Waals surface area contributed by atoms with Crippen LogP contribution in [-0.2, 0) is 14.3 Å². The van der Waals surface area contributed by atoms with Crippen LogP contribution in [0.5, 0.6) is 0 Å². The fourth-order valence-electron chi connectivity index (χ4n) is 1.57. The summed E-state index contributed by atoms with van der Waals surface area (Å²) in [6, 6.07) is 0. The normalized spacial score (nSPS) is 21.1. The molecule has 0 aromatic heterocycles. The summed E-state index contributed by atoms with van der Waals surface area (Å²) in [4.78, 5) is 10.2. The third-order valence-corrected chi connectivity index (χ3v) is 2.09. The molecule has 70 valence electrons. The third kappa shape index (κ3) is 2.29. The summed E-state index contributed by atoms with van der Waals surface area (Å²) >= 11 is 0. The third-order valence-electron chi connectivity index (χ3n) is 2.09. The van der Waals surface area contributed by atoms with E-state index in [1.807, 2.05) is 0 Å². The zero-order valence-corrected chi connectivity index (χ0v) is 7.54. The van der Waals surface area contributed by atoms with E-state index in [1.165, 1.54) is 0 Å². The van der Waals surface area contributed by atoms with Crippen molar-refractivity contribution in [2.75, 3.05) is 13.2 Å². The van der Waals surface area contributed by atoms with E-state index in [0.717, 1.165) is 19.1 Å². The molecule has 1 rings (SSSR count). The molecule has 12 heavy (non-hydrogen) atoms. The Morgan fingerprint density at radius 1 is 1.33 bits per heavy atom. The molecule has 0 unspecified atom stereocenters. The first-order chi connectivity index (χ1) is 5.83. The zero-order chi connectivity index (χ0) is 8.86. The second-order valence-corrected chi connectivity index (χ2v) is 3.06. The molecule has 1 aliphatic rings. The summed E-state index contributed by atoms with van der Waals surface area (Å²) in [7, 11) is 0. The average Bonchev–Trinajstić information content (AvgIpc) is 2.51. The molecular formula is C9H16O3. The summed E-state index contributed by atoms with van der Waals surface area (Å²) in [5.41, 5.74) is 0. The van der Waals surface area contributed by atoms with Crippen molar-refractivity contribution >= 4 is 6.29 Å². The molecule has 0 bridgehead atoms. The summed E-state index contributed by atoms with van der Waals surface area (Å²) in [5.74, 6) is -0.435. The van der Waals surface area contributed by atoms with Crippen LogP contribution in [0.4, 0.5) is 0 Å². The minimum Gasteiger partial charge on any atom is -0.348 e. The van der Waals surface area contributed by atoms with Gasteiger partial charge in [-0.25, -0.2) is 0 Å². The van der Waals surface area contributed by atoms with Crippen LogP contribution < -0.4 is 0 Å². The molecule has 1 heterocycles. The Balaban J connectivity index is 2.40. The Bertz CT molecular complexity index is 139. The quantitative estimate of drug-likeness (QED) is 0.590. The molecule has 0 aliphatic carbocycles. The Hall–Kier alpha value is -0.410. The van der Waals surface area contributed by atoms with Gasteiger partial charge in [0.2, 0.25) is 0 Å². The topological polar surface area (TPSA) is 35.5 Å². The fraction of sp³-hybridized carbons (Fsp3) is 0.889. The van der Waals surface area contributed by atoms with E-state index in [-0.39, 0.29) is 0 Å². The van der Waals surface area contributed by atoms with Crippen molar-refractivity contribution in [2.45, 2.75) is 38.4 Å². The number of carbonyl (C=O) groups is 1. The van der Waals surface area contributed by atoms with Gasteiger partial charge in [0.05, 0.1) is 13.2 Å². The molecule has 1 fully saturated rings. The first kappa shape index (κ1) is 9.68. The van der Waals surface area contributed by atoms with Crippen molar-refractivity contribution in [1.82, 2.24) is 0 Å². The van der Waals surface area contributed by atoms with Crippen molar-refractivity contribution in [1.29, 1.82) is 0 Å². The molecule has 0 aromatic carbocycles. The maximum Gasteiger partial charge on any atom is 0.168 e. The monoisotopic (exact) mass is 172 g/mol. The lowest BCUT2D eigenvalue weighted by molar-refractivity contribution is -0.168. The number of carbonyl (C=O) groups excluding carboxylic acids is 1. The van der Waals surface area contributed by atoms with Gasteiger partial charge in [0.25, 0.3) is 0 Å². The number of hydrogen-bond acceptors (Lipinski definition) is 3. The van der Waals surface area contributed by atoms with Gasteiger partial charge in [0.15, 0.2) is 5.79 Å². The van der Waals surface area contributed by atoms with Crippen LogP contribution >= 0.6 is 0 Å². The Labute approximate surface area is 73.0 Å². The number of hydrogen-bond donors (Lipinski definition) is 0. The van der Waals surface area contributed by atoms with Crippen LogP contribution in [0.15, 0.2) is 0 Å². The van der Waals surface area contributed by atoms with E-state index >= 15 is 0 Å². The van der Waals surface area contributed by atoms with Gasteiger partial charge in [-0.1, -0.05) is 13.3 Å². The molecule has 3 heteroatoms. The highest BCUT2D eigenvalue weighted by Gasteiger charge is 2.34. The second kappa shape index (κ2) is 4.58. The molecule has 0 saturated carbocycles. The smallest absolute Gasteiger partial charge is 0.168 e. The van der Waals surface area contributed by atoms with Gasteiger partial charge in [-0.05, 0) is 0 Å². The fourth-order valence-corrected chi connectivity index (χ4v) is 1.57. The van der Waals surface area contributed by atoms with Gasteiger partial charge in [-0.2, -0.15) is 0 Å². The van der Waals surface area contributed by atoms with Gasteiger partial charge in [0, 0.05) is 19.3 Å². The Morgan fingerprint density at radius 2 is 2.00 bits per heavy atom. The van der Waals surface area contributed by atoms with Crippen molar-refractivity contribution in [2.24, 2.45) is 0 Å². The first-order valence-electron chi connectivity index (χ1n) is 4.54. The Morgan fingerprint density at radius 3 is 2.50 bits per heavy atom. The Kier molecular flexibility index (Phi) is 3.69. The number of rotatable bonds is 5. The van der Waals surface area contributed by atoms with Crippen molar-refractivity contribution < 1.29 is 14.3 Å². The summed E-state index contributed by atoms with van der Waals surface area (Å²) < 4.78 is 11.0. The maximum absolute atomic E-state index is 10.2. The predicted molar refractivity (Wildman–Crippen MR) is 44.8 cm³/mol. The first-order valence-corrected chi connectivity index (χ1v) is 4.54. The van der Waals surface area contributed by atoms with E-state index in [1.54, 1.807) is 0 Å². The molecule has 0 N–H and O–H groups in total. The highest BCUT2D eigenvalue weighted by molar-refractivity contribution is 5.49. The van der Waals surface area contributed by atoms with E-state index in [4.69, 9.17) is 9.47 Å². The zero-order valence-electron chi connectivity index (χ0n) is 7.54. The molecule has 0 atom stereocenters. The molecule has 0 radical (unpaired) electrons. The van der Waals surface area contributed by atoms with Gasteiger partial charge in [-0.15, -0.1) is 0 Å². The highest BCUT2D eigenvalue weighted by atomic mass is 16.7.